The molecule has 0 aromatic heterocycles. The lowest BCUT2D eigenvalue weighted by molar-refractivity contribution is 0.00830. The van der Waals surface area contributed by atoms with Crippen molar-refractivity contribution < 1.29 is 0 Å². The van der Waals surface area contributed by atoms with Crippen LogP contribution in [-0.4, -0.2) is 0 Å². The Bertz CT molecular complexity index is 194. The molecule has 3 rings (SSSR count). The summed E-state index contributed by atoms with van der Waals surface area (Å²) in [6.45, 7) is 0. The van der Waals surface area contributed by atoms with Gasteiger partial charge in [0.2, 0.25) is 0 Å². The van der Waals surface area contributed by atoms with E-state index >= 15 is 0 Å². The Labute approximate surface area is 82.1 Å². The third-order valence-corrected chi connectivity index (χ3v) is 5.37. The lowest BCUT2D eigenvalue weighted by Gasteiger charge is -2.49. The van der Waals surface area contributed by atoms with Gasteiger partial charge < -0.3 is 0 Å². The van der Waals surface area contributed by atoms with Crippen LogP contribution in [0.5, 0.6) is 0 Å². The highest BCUT2D eigenvalue weighted by atomic mass is 14.5. The maximum Gasteiger partial charge on any atom is -0.0241 e. The molecule has 0 bridgehead atoms. The van der Waals surface area contributed by atoms with Crippen molar-refractivity contribution in [3.05, 3.63) is 0 Å². The van der Waals surface area contributed by atoms with Gasteiger partial charge >= 0.3 is 0 Å². The fraction of sp³-hybridized carbons (Fsp3) is 1.00. The van der Waals surface area contributed by atoms with Gasteiger partial charge in [-0.15, -0.1) is 0 Å². The minimum Gasteiger partial charge on any atom is -0.0530 e. The summed E-state index contributed by atoms with van der Waals surface area (Å²) in [5.41, 5.74) is 0.885. The molecule has 0 nitrogen and oxygen atoms in total. The zero-order chi connectivity index (χ0) is 8.73. The van der Waals surface area contributed by atoms with Crippen LogP contribution < -0.4 is 0 Å². The maximum atomic E-state index is 1.60. The first kappa shape index (κ1) is 8.32. The van der Waals surface area contributed by atoms with E-state index in [2.05, 4.69) is 0 Å². The second kappa shape index (κ2) is 3.00. The molecule has 1 spiro atoms. The lowest BCUT2D eigenvalue weighted by Crippen LogP contribution is -2.40. The van der Waals surface area contributed by atoms with Gasteiger partial charge in [-0.25, -0.2) is 0 Å². The van der Waals surface area contributed by atoms with Crippen LogP contribution in [0.3, 0.4) is 0 Å². The lowest BCUT2D eigenvalue weighted by atomic mass is 9.56. The molecule has 0 heterocycles. The second-order valence-electron chi connectivity index (χ2n) is 5.70. The van der Waals surface area contributed by atoms with Crippen LogP contribution in [0.25, 0.3) is 0 Å². The van der Waals surface area contributed by atoms with Gasteiger partial charge in [0.05, 0.1) is 0 Å². The van der Waals surface area contributed by atoms with Crippen molar-refractivity contribution in [2.24, 2.45) is 17.3 Å². The van der Waals surface area contributed by atoms with Crippen LogP contribution in [-0.2, 0) is 0 Å². The third kappa shape index (κ3) is 1.10. The molecule has 3 unspecified atom stereocenters. The first-order valence-corrected chi connectivity index (χ1v) is 6.42. The molecule has 3 saturated carbocycles. The molecule has 0 radical (unpaired) electrons. The molecule has 0 amide bonds. The predicted molar refractivity (Wildman–Crippen MR) is 55.6 cm³/mol. The zero-order valence-corrected chi connectivity index (χ0v) is 8.73. The molecule has 0 N–H and O–H groups in total. The van der Waals surface area contributed by atoms with Gasteiger partial charge in [-0.2, -0.15) is 0 Å². The van der Waals surface area contributed by atoms with Gasteiger partial charge in [0.15, 0.2) is 0 Å². The maximum absolute atomic E-state index is 1.60. The number of rotatable bonds is 0. The van der Waals surface area contributed by atoms with Gasteiger partial charge in [-0.1, -0.05) is 25.7 Å². The molecule has 0 aromatic rings. The summed E-state index contributed by atoms with van der Waals surface area (Å²) in [6.07, 6.45) is 15.7. The van der Waals surface area contributed by atoms with E-state index in [4.69, 9.17) is 0 Å². The quantitative estimate of drug-likeness (QED) is 0.523. The van der Waals surface area contributed by atoms with Crippen molar-refractivity contribution >= 4 is 0 Å². The van der Waals surface area contributed by atoms with E-state index in [0.717, 1.165) is 17.3 Å². The fourth-order valence-electron chi connectivity index (χ4n) is 4.85. The summed E-state index contributed by atoms with van der Waals surface area (Å²) in [4.78, 5) is 0. The molecule has 3 aliphatic carbocycles. The predicted octanol–water partition coefficient (Wildman–Crippen LogP) is 4.15. The van der Waals surface area contributed by atoms with Crippen LogP contribution in [0.15, 0.2) is 0 Å². The minimum absolute atomic E-state index is 0.885. The first-order valence-electron chi connectivity index (χ1n) is 6.42. The minimum atomic E-state index is 0.885. The van der Waals surface area contributed by atoms with Crippen LogP contribution in [0.4, 0.5) is 0 Å². The second-order valence-corrected chi connectivity index (χ2v) is 5.70. The summed E-state index contributed by atoms with van der Waals surface area (Å²) in [7, 11) is 0. The normalized spacial score (nSPS) is 49.8. The van der Waals surface area contributed by atoms with Gasteiger partial charge in [-0.05, 0) is 55.8 Å². The van der Waals surface area contributed by atoms with Gasteiger partial charge in [0.1, 0.15) is 0 Å². The SMILES string of the molecule is C1CCC23CCCC2CCCC3C1. The largest absolute Gasteiger partial charge is 0.0530 e. The van der Waals surface area contributed by atoms with Crippen molar-refractivity contribution in [2.45, 2.75) is 64.2 Å². The van der Waals surface area contributed by atoms with Crippen LogP contribution in [0, 0.1) is 17.3 Å². The molecule has 74 valence electrons. The van der Waals surface area contributed by atoms with E-state index < -0.39 is 0 Å². The molecular formula is C13H22. The van der Waals surface area contributed by atoms with Crippen molar-refractivity contribution in [2.75, 3.05) is 0 Å². The van der Waals surface area contributed by atoms with Gasteiger partial charge in [-0.3, -0.25) is 0 Å². The van der Waals surface area contributed by atoms with Crippen molar-refractivity contribution in [1.82, 2.24) is 0 Å². The zero-order valence-electron chi connectivity index (χ0n) is 8.73. The van der Waals surface area contributed by atoms with E-state index in [0.29, 0.717) is 0 Å². The average molecular weight is 178 g/mol. The molecule has 13 heavy (non-hydrogen) atoms. The Balaban J connectivity index is 1.89. The van der Waals surface area contributed by atoms with E-state index in [1.165, 1.54) is 0 Å². The van der Waals surface area contributed by atoms with Crippen molar-refractivity contribution in [3.63, 3.8) is 0 Å². The number of hydrogen-bond acceptors (Lipinski definition) is 0. The standard InChI is InChI=1S/C13H22/c1-2-9-13-10-4-8-12(13)7-3-6-11(13)5-1/h11-12H,1-10H2. The summed E-state index contributed by atoms with van der Waals surface area (Å²) in [5.74, 6) is 2.31. The molecular weight excluding hydrogens is 156 g/mol. The Kier molecular flexibility index (Phi) is 1.92. The Morgan fingerprint density at radius 3 is 2.08 bits per heavy atom. The highest BCUT2D eigenvalue weighted by Gasteiger charge is 2.50. The van der Waals surface area contributed by atoms with Gasteiger partial charge in [0.25, 0.3) is 0 Å². The van der Waals surface area contributed by atoms with Gasteiger partial charge in [0, 0.05) is 0 Å². The third-order valence-electron chi connectivity index (χ3n) is 5.37. The van der Waals surface area contributed by atoms with E-state index in [1.807, 2.05) is 0 Å². The smallest absolute Gasteiger partial charge is 0.0241 e. The van der Waals surface area contributed by atoms with E-state index in [1.54, 1.807) is 64.2 Å². The number of hydrogen-bond donors (Lipinski definition) is 0. The molecule has 0 heteroatoms. The summed E-state index contributed by atoms with van der Waals surface area (Å²) < 4.78 is 0. The summed E-state index contributed by atoms with van der Waals surface area (Å²) in [6, 6.07) is 0. The van der Waals surface area contributed by atoms with Crippen molar-refractivity contribution in [1.29, 1.82) is 0 Å². The van der Waals surface area contributed by atoms with E-state index in [-0.39, 0.29) is 0 Å². The Morgan fingerprint density at radius 2 is 1.23 bits per heavy atom. The van der Waals surface area contributed by atoms with Crippen LogP contribution in [0.2, 0.25) is 0 Å². The fourth-order valence-corrected chi connectivity index (χ4v) is 4.85. The first-order chi connectivity index (χ1) is 6.42. The summed E-state index contributed by atoms with van der Waals surface area (Å²) >= 11 is 0. The molecule has 3 fully saturated rings. The molecule has 3 aliphatic rings. The van der Waals surface area contributed by atoms with Crippen LogP contribution in [0.1, 0.15) is 64.2 Å². The topological polar surface area (TPSA) is 0 Å². The Morgan fingerprint density at radius 1 is 0.615 bits per heavy atom. The monoisotopic (exact) mass is 178 g/mol. The van der Waals surface area contributed by atoms with Crippen LogP contribution >= 0.6 is 0 Å². The summed E-state index contributed by atoms with van der Waals surface area (Å²) in [5, 5.41) is 0. The van der Waals surface area contributed by atoms with E-state index in [9.17, 15) is 0 Å². The molecule has 0 aromatic carbocycles. The molecule has 0 saturated heterocycles. The molecule has 3 atom stereocenters. The molecule has 0 aliphatic heterocycles. The van der Waals surface area contributed by atoms with Crippen molar-refractivity contribution in [3.8, 4) is 0 Å². The highest BCUT2D eigenvalue weighted by Crippen LogP contribution is 2.61. The Hall–Kier alpha value is 0. The highest BCUT2D eigenvalue weighted by molar-refractivity contribution is 5.00. The average Bonchev–Trinajstić information content (AvgIpc) is 2.58.